The zero-order chi connectivity index (χ0) is 15.7. The Morgan fingerprint density at radius 3 is 2.43 bits per heavy atom. The Bertz CT molecular complexity index is 466. The molecule has 0 aromatic heterocycles. The fourth-order valence-corrected chi connectivity index (χ4v) is 1.94. The van der Waals surface area contributed by atoms with E-state index in [-0.39, 0.29) is 12.5 Å². The minimum absolute atomic E-state index is 0.207. The average Bonchev–Trinajstić information content (AvgIpc) is 2.47. The van der Waals surface area contributed by atoms with Crippen molar-refractivity contribution in [2.45, 2.75) is 52.4 Å². The molecule has 116 valence electrons. The molecule has 4 heteroatoms. The number of carbonyl (C=O) groups excluding carboxylic acids is 2. The highest BCUT2D eigenvalue weighted by atomic mass is 16.6. The molecule has 1 rings (SSSR count). The fourth-order valence-electron chi connectivity index (χ4n) is 1.94. The summed E-state index contributed by atoms with van der Waals surface area (Å²) in [4.78, 5) is 23.3. The number of ether oxygens (including phenoxy) is 2. The zero-order valence-electron chi connectivity index (χ0n) is 13.1. The number of unbranched alkanes of at least 4 members (excludes halogenated alkanes) is 3. The van der Waals surface area contributed by atoms with Gasteiger partial charge in [-0.05, 0) is 24.0 Å². The smallest absolute Gasteiger partial charge is 0.422 e. The maximum absolute atomic E-state index is 11.7. The van der Waals surface area contributed by atoms with Crippen LogP contribution in [-0.2, 0) is 14.3 Å². The lowest BCUT2D eigenvalue weighted by molar-refractivity contribution is -0.162. The highest BCUT2D eigenvalue weighted by molar-refractivity contribution is 6.30. The van der Waals surface area contributed by atoms with E-state index in [4.69, 9.17) is 9.47 Å². The second-order valence-corrected chi connectivity index (χ2v) is 5.28. The van der Waals surface area contributed by atoms with Gasteiger partial charge in [0.15, 0.2) is 0 Å². The molecule has 0 aliphatic heterocycles. The SMILES string of the molecule is CCCCCCOC(=O)C(=O)Oc1ccccc1C(C)C. The van der Waals surface area contributed by atoms with Crippen molar-refractivity contribution in [2.75, 3.05) is 6.61 Å². The van der Waals surface area contributed by atoms with E-state index in [1.54, 1.807) is 12.1 Å². The molecule has 0 saturated carbocycles. The summed E-state index contributed by atoms with van der Waals surface area (Å²) in [6.07, 6.45) is 3.98. The van der Waals surface area contributed by atoms with Crippen molar-refractivity contribution in [1.82, 2.24) is 0 Å². The van der Waals surface area contributed by atoms with Gasteiger partial charge in [-0.1, -0.05) is 58.2 Å². The van der Waals surface area contributed by atoms with Crippen molar-refractivity contribution in [1.29, 1.82) is 0 Å². The van der Waals surface area contributed by atoms with Crippen molar-refractivity contribution in [3.8, 4) is 5.75 Å². The first-order valence-corrected chi connectivity index (χ1v) is 7.54. The van der Waals surface area contributed by atoms with Gasteiger partial charge in [-0.15, -0.1) is 0 Å². The summed E-state index contributed by atoms with van der Waals surface area (Å²) in [6, 6.07) is 7.20. The largest absolute Gasteiger partial charge is 0.457 e. The number of para-hydroxylation sites is 1. The first-order chi connectivity index (χ1) is 10.1. The van der Waals surface area contributed by atoms with Crippen LogP contribution in [0.15, 0.2) is 24.3 Å². The molecule has 0 amide bonds. The van der Waals surface area contributed by atoms with E-state index >= 15 is 0 Å². The van der Waals surface area contributed by atoms with E-state index in [0.29, 0.717) is 5.75 Å². The van der Waals surface area contributed by atoms with Crippen molar-refractivity contribution < 1.29 is 19.1 Å². The van der Waals surface area contributed by atoms with Gasteiger partial charge in [-0.3, -0.25) is 0 Å². The van der Waals surface area contributed by atoms with E-state index in [0.717, 1.165) is 31.2 Å². The zero-order valence-corrected chi connectivity index (χ0v) is 13.1. The van der Waals surface area contributed by atoms with Crippen LogP contribution >= 0.6 is 0 Å². The number of hydrogen-bond acceptors (Lipinski definition) is 4. The third-order valence-corrected chi connectivity index (χ3v) is 3.14. The summed E-state index contributed by atoms with van der Waals surface area (Å²) in [5.41, 5.74) is 0.890. The number of rotatable bonds is 7. The maximum atomic E-state index is 11.7. The van der Waals surface area contributed by atoms with Gasteiger partial charge in [-0.2, -0.15) is 0 Å². The highest BCUT2D eigenvalue weighted by Crippen LogP contribution is 2.25. The summed E-state index contributed by atoms with van der Waals surface area (Å²) in [5.74, 6) is -1.26. The van der Waals surface area contributed by atoms with Gasteiger partial charge in [0.05, 0.1) is 6.61 Å². The Morgan fingerprint density at radius 2 is 1.76 bits per heavy atom. The van der Waals surface area contributed by atoms with Gasteiger partial charge in [0.25, 0.3) is 0 Å². The van der Waals surface area contributed by atoms with Crippen LogP contribution in [-0.4, -0.2) is 18.5 Å². The molecule has 0 fully saturated rings. The molecule has 0 heterocycles. The fraction of sp³-hybridized carbons (Fsp3) is 0.529. The number of esters is 2. The van der Waals surface area contributed by atoms with Crippen LogP contribution in [0.3, 0.4) is 0 Å². The van der Waals surface area contributed by atoms with Crippen molar-refractivity contribution in [3.63, 3.8) is 0 Å². The predicted molar refractivity (Wildman–Crippen MR) is 81.3 cm³/mol. The third kappa shape index (κ3) is 5.98. The molecule has 0 saturated heterocycles. The summed E-state index contributed by atoms with van der Waals surface area (Å²) < 4.78 is 10.0. The van der Waals surface area contributed by atoms with E-state index in [1.807, 2.05) is 26.0 Å². The van der Waals surface area contributed by atoms with Crippen LogP contribution in [0.1, 0.15) is 57.9 Å². The lowest BCUT2D eigenvalue weighted by Gasteiger charge is -2.12. The first kappa shape index (κ1) is 17.2. The Hall–Kier alpha value is -1.84. The second-order valence-electron chi connectivity index (χ2n) is 5.28. The molecule has 0 aliphatic carbocycles. The van der Waals surface area contributed by atoms with E-state index in [2.05, 4.69) is 6.92 Å². The second kappa shape index (κ2) is 9.16. The predicted octanol–water partition coefficient (Wildman–Crippen LogP) is 3.84. The maximum Gasteiger partial charge on any atom is 0.422 e. The Balaban J connectivity index is 2.47. The molecule has 4 nitrogen and oxygen atoms in total. The Kier molecular flexibility index (Phi) is 7.51. The van der Waals surface area contributed by atoms with Gasteiger partial charge in [-0.25, -0.2) is 9.59 Å². The molecule has 0 spiro atoms. The average molecular weight is 292 g/mol. The monoisotopic (exact) mass is 292 g/mol. The molecule has 1 aromatic rings. The summed E-state index contributed by atoms with van der Waals surface area (Å²) >= 11 is 0. The van der Waals surface area contributed by atoms with Crippen LogP contribution in [0.4, 0.5) is 0 Å². The highest BCUT2D eigenvalue weighted by Gasteiger charge is 2.20. The first-order valence-electron chi connectivity index (χ1n) is 7.54. The van der Waals surface area contributed by atoms with E-state index in [1.165, 1.54) is 0 Å². The molecule has 1 aromatic carbocycles. The molecule has 0 radical (unpaired) electrons. The quantitative estimate of drug-likeness (QED) is 0.331. The summed E-state index contributed by atoms with van der Waals surface area (Å²) in [6.45, 7) is 6.37. The molecule has 0 unspecified atom stereocenters. The lowest BCUT2D eigenvalue weighted by atomic mass is 10.0. The standard InChI is InChI=1S/C17H24O4/c1-4-5-6-9-12-20-16(18)17(19)21-15-11-8-7-10-14(15)13(2)3/h7-8,10-11,13H,4-6,9,12H2,1-3H3. The Labute approximate surface area is 126 Å². The molecule has 0 atom stereocenters. The van der Waals surface area contributed by atoms with Crippen molar-refractivity contribution >= 4 is 11.9 Å². The number of hydrogen-bond donors (Lipinski definition) is 0. The molecule has 0 bridgehead atoms. The van der Waals surface area contributed by atoms with Gasteiger partial charge in [0.2, 0.25) is 0 Å². The third-order valence-electron chi connectivity index (χ3n) is 3.14. The van der Waals surface area contributed by atoms with Gasteiger partial charge in [0.1, 0.15) is 5.75 Å². The summed E-state index contributed by atoms with van der Waals surface area (Å²) in [7, 11) is 0. The van der Waals surface area contributed by atoms with Crippen LogP contribution in [0.2, 0.25) is 0 Å². The van der Waals surface area contributed by atoms with E-state index in [9.17, 15) is 9.59 Å². The van der Waals surface area contributed by atoms with Crippen molar-refractivity contribution in [2.24, 2.45) is 0 Å². The van der Waals surface area contributed by atoms with Crippen molar-refractivity contribution in [3.05, 3.63) is 29.8 Å². The molecule has 21 heavy (non-hydrogen) atoms. The number of carbonyl (C=O) groups is 2. The molecule has 0 aliphatic rings. The van der Waals surface area contributed by atoms with Crippen LogP contribution in [0, 0.1) is 0 Å². The molecular formula is C17H24O4. The molecular weight excluding hydrogens is 268 g/mol. The minimum Gasteiger partial charge on any atom is -0.457 e. The number of benzene rings is 1. The van der Waals surface area contributed by atoms with E-state index < -0.39 is 11.9 Å². The van der Waals surface area contributed by atoms with Crippen LogP contribution in [0.5, 0.6) is 5.75 Å². The van der Waals surface area contributed by atoms with Gasteiger partial charge < -0.3 is 9.47 Å². The normalized spacial score (nSPS) is 10.5. The molecule has 0 N–H and O–H groups in total. The lowest BCUT2D eigenvalue weighted by Crippen LogP contribution is -2.24. The van der Waals surface area contributed by atoms with Gasteiger partial charge in [0, 0.05) is 0 Å². The summed E-state index contributed by atoms with van der Waals surface area (Å²) in [5, 5.41) is 0. The van der Waals surface area contributed by atoms with Crippen LogP contribution in [0.25, 0.3) is 0 Å². The van der Waals surface area contributed by atoms with Crippen LogP contribution < -0.4 is 4.74 Å². The van der Waals surface area contributed by atoms with Gasteiger partial charge >= 0.3 is 11.9 Å². The Morgan fingerprint density at radius 1 is 1.05 bits per heavy atom. The topological polar surface area (TPSA) is 52.6 Å². The minimum atomic E-state index is -0.960.